The fourth-order valence-corrected chi connectivity index (χ4v) is 3.57. The number of rotatable bonds is 4. The SMILES string of the molecule is C=CC(=O)N1CCC(C(=O)Nc2cccc(N3CCCCC3=O)c2)CC1. The Kier molecular flexibility index (Phi) is 5.71. The Labute approximate surface area is 153 Å². The molecule has 0 unspecified atom stereocenters. The molecule has 1 aromatic rings. The Hall–Kier alpha value is -2.63. The van der Waals surface area contributed by atoms with Gasteiger partial charge in [0.2, 0.25) is 17.7 Å². The summed E-state index contributed by atoms with van der Waals surface area (Å²) in [7, 11) is 0. The molecule has 0 radical (unpaired) electrons. The molecule has 1 aromatic carbocycles. The van der Waals surface area contributed by atoms with Gasteiger partial charge in [-0.2, -0.15) is 0 Å². The number of likely N-dealkylation sites (tertiary alicyclic amines) is 1. The van der Waals surface area contributed by atoms with Crippen molar-refractivity contribution in [2.45, 2.75) is 32.1 Å². The predicted octanol–water partition coefficient (Wildman–Crippen LogP) is 2.57. The van der Waals surface area contributed by atoms with E-state index in [0.29, 0.717) is 38.0 Å². The Morgan fingerprint density at radius 1 is 1.15 bits per heavy atom. The van der Waals surface area contributed by atoms with E-state index in [1.165, 1.54) is 6.08 Å². The number of anilines is 2. The summed E-state index contributed by atoms with van der Waals surface area (Å²) in [5.74, 6) is -0.0799. The van der Waals surface area contributed by atoms with Crippen LogP contribution in [0.3, 0.4) is 0 Å². The largest absolute Gasteiger partial charge is 0.339 e. The first-order chi connectivity index (χ1) is 12.6. The van der Waals surface area contributed by atoms with E-state index in [2.05, 4.69) is 11.9 Å². The second-order valence-electron chi connectivity index (χ2n) is 6.85. The summed E-state index contributed by atoms with van der Waals surface area (Å²) in [5.41, 5.74) is 1.54. The number of amides is 3. The molecule has 2 fully saturated rings. The topological polar surface area (TPSA) is 69.7 Å². The van der Waals surface area contributed by atoms with Gasteiger partial charge in [-0.3, -0.25) is 14.4 Å². The zero-order valence-corrected chi connectivity index (χ0v) is 14.9. The van der Waals surface area contributed by atoms with Crippen molar-refractivity contribution in [2.24, 2.45) is 5.92 Å². The minimum atomic E-state index is -0.107. The number of nitrogens with one attached hydrogen (secondary N) is 1. The van der Waals surface area contributed by atoms with Crippen molar-refractivity contribution >= 4 is 29.1 Å². The maximum absolute atomic E-state index is 12.6. The highest BCUT2D eigenvalue weighted by molar-refractivity contribution is 5.96. The van der Waals surface area contributed by atoms with Gasteiger partial charge >= 0.3 is 0 Å². The molecule has 6 heteroatoms. The summed E-state index contributed by atoms with van der Waals surface area (Å²) in [4.78, 5) is 39.8. The molecular weight excluding hydrogens is 330 g/mol. The molecule has 3 rings (SSSR count). The summed E-state index contributed by atoms with van der Waals surface area (Å²) in [6.07, 6.45) is 5.14. The normalized spacial score (nSPS) is 18.5. The number of carbonyl (C=O) groups is 3. The van der Waals surface area contributed by atoms with Crippen molar-refractivity contribution in [1.82, 2.24) is 4.90 Å². The van der Waals surface area contributed by atoms with E-state index in [1.807, 2.05) is 24.3 Å². The van der Waals surface area contributed by atoms with Crippen LogP contribution in [0.5, 0.6) is 0 Å². The third-order valence-corrected chi connectivity index (χ3v) is 5.10. The second kappa shape index (κ2) is 8.17. The van der Waals surface area contributed by atoms with Crippen LogP contribution in [0.15, 0.2) is 36.9 Å². The smallest absolute Gasteiger partial charge is 0.245 e. The second-order valence-corrected chi connectivity index (χ2v) is 6.85. The van der Waals surface area contributed by atoms with Crippen molar-refractivity contribution in [1.29, 1.82) is 0 Å². The van der Waals surface area contributed by atoms with Gasteiger partial charge in [0.15, 0.2) is 0 Å². The summed E-state index contributed by atoms with van der Waals surface area (Å²) in [5, 5.41) is 2.96. The van der Waals surface area contributed by atoms with Crippen LogP contribution in [-0.2, 0) is 14.4 Å². The van der Waals surface area contributed by atoms with E-state index in [0.717, 1.165) is 25.1 Å². The van der Waals surface area contributed by atoms with Gasteiger partial charge in [-0.05, 0) is 50.0 Å². The molecule has 0 saturated carbocycles. The van der Waals surface area contributed by atoms with Crippen LogP contribution in [0, 0.1) is 5.92 Å². The van der Waals surface area contributed by atoms with Crippen LogP contribution < -0.4 is 10.2 Å². The molecule has 2 aliphatic heterocycles. The molecule has 1 N–H and O–H groups in total. The molecule has 0 spiro atoms. The number of piperidine rings is 2. The first-order valence-corrected chi connectivity index (χ1v) is 9.21. The van der Waals surface area contributed by atoms with Gasteiger partial charge in [0.05, 0.1) is 0 Å². The van der Waals surface area contributed by atoms with Crippen LogP contribution in [0.25, 0.3) is 0 Å². The number of benzene rings is 1. The minimum Gasteiger partial charge on any atom is -0.339 e. The Balaban J connectivity index is 1.60. The van der Waals surface area contributed by atoms with Crippen molar-refractivity contribution in [3.05, 3.63) is 36.9 Å². The average molecular weight is 355 g/mol. The zero-order chi connectivity index (χ0) is 18.5. The van der Waals surface area contributed by atoms with Crippen LogP contribution in [-0.4, -0.2) is 42.3 Å². The fraction of sp³-hybridized carbons (Fsp3) is 0.450. The predicted molar refractivity (Wildman–Crippen MR) is 101 cm³/mol. The fourth-order valence-electron chi connectivity index (χ4n) is 3.57. The lowest BCUT2D eigenvalue weighted by Crippen LogP contribution is -2.40. The maximum atomic E-state index is 12.6. The molecule has 6 nitrogen and oxygen atoms in total. The van der Waals surface area contributed by atoms with E-state index < -0.39 is 0 Å². The molecule has 0 bridgehead atoms. The minimum absolute atomic E-state index is 0.0298. The van der Waals surface area contributed by atoms with Crippen LogP contribution in [0.2, 0.25) is 0 Å². The molecule has 2 aliphatic rings. The van der Waals surface area contributed by atoms with E-state index in [9.17, 15) is 14.4 Å². The van der Waals surface area contributed by atoms with Crippen molar-refractivity contribution in [3.63, 3.8) is 0 Å². The highest BCUT2D eigenvalue weighted by Gasteiger charge is 2.26. The summed E-state index contributed by atoms with van der Waals surface area (Å²) in [6, 6.07) is 7.46. The summed E-state index contributed by atoms with van der Waals surface area (Å²) >= 11 is 0. The van der Waals surface area contributed by atoms with Gasteiger partial charge in [0.25, 0.3) is 0 Å². The highest BCUT2D eigenvalue weighted by atomic mass is 16.2. The quantitative estimate of drug-likeness (QED) is 0.844. The number of nitrogens with zero attached hydrogens (tertiary/aromatic N) is 2. The summed E-state index contributed by atoms with van der Waals surface area (Å²) in [6.45, 7) is 5.38. The van der Waals surface area contributed by atoms with Gasteiger partial charge in [0, 0.05) is 43.3 Å². The molecule has 26 heavy (non-hydrogen) atoms. The average Bonchev–Trinajstić information content (AvgIpc) is 2.68. The lowest BCUT2D eigenvalue weighted by Gasteiger charge is -2.30. The molecule has 138 valence electrons. The highest BCUT2D eigenvalue weighted by Crippen LogP contribution is 2.25. The molecule has 2 heterocycles. The lowest BCUT2D eigenvalue weighted by atomic mass is 9.95. The summed E-state index contributed by atoms with van der Waals surface area (Å²) < 4.78 is 0. The molecule has 3 amide bonds. The standard InChI is InChI=1S/C20H25N3O3/c1-2-18(24)22-12-9-15(10-13-22)20(26)21-16-6-5-7-17(14-16)23-11-4-3-8-19(23)25/h2,5-7,14-15H,1,3-4,8-13H2,(H,21,26). The van der Waals surface area contributed by atoms with E-state index in [4.69, 9.17) is 0 Å². The molecular formula is C20H25N3O3. The number of hydrogen-bond acceptors (Lipinski definition) is 3. The first kappa shape index (κ1) is 18.2. The molecule has 0 aromatic heterocycles. The van der Waals surface area contributed by atoms with Crippen molar-refractivity contribution in [2.75, 3.05) is 29.9 Å². The molecule has 0 atom stereocenters. The van der Waals surface area contributed by atoms with Gasteiger partial charge in [0.1, 0.15) is 0 Å². The third kappa shape index (κ3) is 4.12. The van der Waals surface area contributed by atoms with E-state index >= 15 is 0 Å². The first-order valence-electron chi connectivity index (χ1n) is 9.21. The molecule has 2 saturated heterocycles. The Bertz CT molecular complexity index is 708. The van der Waals surface area contributed by atoms with E-state index in [1.54, 1.807) is 9.80 Å². The van der Waals surface area contributed by atoms with Gasteiger partial charge < -0.3 is 15.1 Å². The van der Waals surface area contributed by atoms with Crippen LogP contribution in [0.4, 0.5) is 11.4 Å². The Morgan fingerprint density at radius 3 is 2.62 bits per heavy atom. The van der Waals surface area contributed by atoms with E-state index in [-0.39, 0.29) is 23.6 Å². The maximum Gasteiger partial charge on any atom is 0.245 e. The zero-order valence-electron chi connectivity index (χ0n) is 14.9. The number of hydrogen-bond donors (Lipinski definition) is 1. The molecule has 0 aliphatic carbocycles. The van der Waals surface area contributed by atoms with Gasteiger partial charge in [-0.25, -0.2) is 0 Å². The van der Waals surface area contributed by atoms with Crippen molar-refractivity contribution < 1.29 is 14.4 Å². The van der Waals surface area contributed by atoms with Crippen LogP contribution >= 0.6 is 0 Å². The van der Waals surface area contributed by atoms with Gasteiger partial charge in [-0.15, -0.1) is 0 Å². The number of carbonyl (C=O) groups excluding carboxylic acids is 3. The Morgan fingerprint density at radius 2 is 1.92 bits per heavy atom. The van der Waals surface area contributed by atoms with Gasteiger partial charge in [-0.1, -0.05) is 12.6 Å². The monoisotopic (exact) mass is 355 g/mol. The lowest BCUT2D eigenvalue weighted by molar-refractivity contribution is -0.130. The third-order valence-electron chi connectivity index (χ3n) is 5.10. The van der Waals surface area contributed by atoms with Crippen molar-refractivity contribution in [3.8, 4) is 0 Å². The van der Waals surface area contributed by atoms with Crippen LogP contribution in [0.1, 0.15) is 32.1 Å².